The number of nitrogens with two attached hydrogens (primary N) is 1. The number of carbonyl (C=O) groups excluding carboxylic acids is 2. The Hall–Kier alpha value is -2.34. The Labute approximate surface area is 203 Å². The molecule has 1 aliphatic heterocycles. The summed E-state index contributed by atoms with van der Waals surface area (Å²) in [5, 5.41) is 6.43. The molecule has 0 spiro atoms. The van der Waals surface area contributed by atoms with Crippen LogP contribution in [0.2, 0.25) is 0 Å². The SMILES string of the molecule is C[C@]12C=CC(=O)N[C@@H]1CC[C@@H]1[C@@H]2CC[C@]2(C)[C@@H](C(=O)Nc3cccc(OCCCN)c3)CC[C@@H]12. The van der Waals surface area contributed by atoms with E-state index in [0.717, 1.165) is 56.4 Å². The van der Waals surface area contributed by atoms with Crippen molar-refractivity contribution in [1.29, 1.82) is 0 Å². The predicted molar refractivity (Wildman–Crippen MR) is 133 cm³/mol. The maximum atomic E-state index is 13.5. The van der Waals surface area contributed by atoms with E-state index in [1.807, 2.05) is 24.3 Å². The minimum atomic E-state index is 0.0306. The summed E-state index contributed by atoms with van der Waals surface area (Å²) >= 11 is 0. The molecular formula is C28H39N3O3. The van der Waals surface area contributed by atoms with Gasteiger partial charge in [-0.15, -0.1) is 0 Å². The number of carbonyl (C=O) groups is 2. The second kappa shape index (κ2) is 9.03. The molecule has 0 saturated heterocycles. The van der Waals surface area contributed by atoms with Crippen molar-refractivity contribution in [2.45, 2.75) is 64.8 Å². The Kier molecular flexibility index (Phi) is 6.21. The Balaban J connectivity index is 1.29. The fraction of sp³-hybridized carbons (Fsp3) is 0.643. The quantitative estimate of drug-likeness (QED) is 0.547. The minimum Gasteiger partial charge on any atom is -0.493 e. The molecule has 1 heterocycles. The highest BCUT2D eigenvalue weighted by atomic mass is 16.5. The second-order valence-corrected chi connectivity index (χ2v) is 11.4. The van der Waals surface area contributed by atoms with Gasteiger partial charge < -0.3 is 21.1 Å². The fourth-order valence-corrected chi connectivity index (χ4v) is 7.93. The first-order chi connectivity index (χ1) is 16.3. The number of amides is 2. The lowest BCUT2D eigenvalue weighted by atomic mass is 9.48. The average molecular weight is 466 g/mol. The van der Waals surface area contributed by atoms with Gasteiger partial charge in [0.25, 0.3) is 0 Å². The Morgan fingerprint density at radius 1 is 1.18 bits per heavy atom. The van der Waals surface area contributed by atoms with E-state index in [1.54, 1.807) is 6.08 Å². The van der Waals surface area contributed by atoms with Crippen molar-refractivity contribution in [3.63, 3.8) is 0 Å². The summed E-state index contributed by atoms with van der Waals surface area (Å²) in [6, 6.07) is 7.93. The molecule has 7 atom stereocenters. The predicted octanol–water partition coefficient (Wildman–Crippen LogP) is 4.27. The number of hydrogen-bond acceptors (Lipinski definition) is 4. The summed E-state index contributed by atoms with van der Waals surface area (Å²) in [6.07, 6.45) is 11.2. The molecule has 0 unspecified atom stereocenters. The number of nitrogens with one attached hydrogen (secondary N) is 2. The molecule has 0 bridgehead atoms. The number of fused-ring (bicyclic) bond motifs is 5. The molecule has 34 heavy (non-hydrogen) atoms. The average Bonchev–Trinajstić information content (AvgIpc) is 3.17. The third-order valence-corrected chi connectivity index (χ3v) is 9.72. The van der Waals surface area contributed by atoms with E-state index < -0.39 is 0 Å². The van der Waals surface area contributed by atoms with Gasteiger partial charge in [-0.05, 0) is 92.9 Å². The third kappa shape index (κ3) is 3.94. The maximum absolute atomic E-state index is 13.5. The largest absolute Gasteiger partial charge is 0.493 e. The zero-order chi connectivity index (χ0) is 23.9. The van der Waals surface area contributed by atoms with Gasteiger partial charge in [-0.1, -0.05) is 26.0 Å². The topological polar surface area (TPSA) is 93.5 Å². The molecule has 5 rings (SSSR count). The fourth-order valence-electron chi connectivity index (χ4n) is 7.93. The van der Waals surface area contributed by atoms with Gasteiger partial charge in [-0.2, -0.15) is 0 Å². The monoisotopic (exact) mass is 465 g/mol. The summed E-state index contributed by atoms with van der Waals surface area (Å²) in [5.41, 5.74) is 6.42. The molecule has 2 amide bonds. The molecule has 6 nitrogen and oxygen atoms in total. The normalized spacial score (nSPS) is 38.3. The van der Waals surface area contributed by atoms with Crippen molar-refractivity contribution in [1.82, 2.24) is 5.32 Å². The van der Waals surface area contributed by atoms with Crippen molar-refractivity contribution in [2.75, 3.05) is 18.5 Å². The van der Waals surface area contributed by atoms with Crippen molar-refractivity contribution in [3.05, 3.63) is 36.4 Å². The number of rotatable bonds is 6. The summed E-state index contributed by atoms with van der Waals surface area (Å²) in [7, 11) is 0. The lowest BCUT2D eigenvalue weighted by Gasteiger charge is -2.58. The zero-order valence-electron chi connectivity index (χ0n) is 20.5. The molecule has 0 aromatic heterocycles. The van der Waals surface area contributed by atoms with Crippen LogP contribution in [-0.2, 0) is 9.59 Å². The first-order valence-electron chi connectivity index (χ1n) is 13.1. The van der Waals surface area contributed by atoms with Crippen LogP contribution in [0.3, 0.4) is 0 Å². The molecule has 184 valence electrons. The molecule has 6 heteroatoms. The number of ether oxygens (including phenoxy) is 1. The lowest BCUT2D eigenvalue weighted by molar-refractivity contribution is -0.129. The number of hydrogen-bond donors (Lipinski definition) is 3. The molecule has 1 aromatic rings. The first kappa shape index (κ1) is 23.4. The van der Waals surface area contributed by atoms with Gasteiger partial charge in [0.2, 0.25) is 11.8 Å². The van der Waals surface area contributed by atoms with Crippen LogP contribution in [0.1, 0.15) is 58.8 Å². The Morgan fingerprint density at radius 3 is 2.85 bits per heavy atom. The van der Waals surface area contributed by atoms with Gasteiger partial charge in [0, 0.05) is 29.1 Å². The summed E-state index contributed by atoms with van der Waals surface area (Å²) in [6.45, 7) is 5.89. The van der Waals surface area contributed by atoms with E-state index in [-0.39, 0.29) is 34.6 Å². The number of anilines is 1. The van der Waals surface area contributed by atoms with Crippen LogP contribution in [0, 0.1) is 34.5 Å². The van der Waals surface area contributed by atoms with Crippen molar-refractivity contribution in [2.24, 2.45) is 40.2 Å². The lowest BCUT2D eigenvalue weighted by Crippen LogP contribution is -2.59. The van der Waals surface area contributed by atoms with Crippen molar-refractivity contribution < 1.29 is 14.3 Å². The van der Waals surface area contributed by atoms with Crippen LogP contribution in [0.4, 0.5) is 5.69 Å². The Bertz CT molecular complexity index is 977. The summed E-state index contributed by atoms with van der Waals surface area (Å²) in [4.78, 5) is 25.5. The van der Waals surface area contributed by atoms with Gasteiger partial charge >= 0.3 is 0 Å². The highest BCUT2D eigenvalue weighted by Gasteiger charge is 2.60. The third-order valence-electron chi connectivity index (χ3n) is 9.72. The molecule has 3 saturated carbocycles. The highest BCUT2D eigenvalue weighted by molar-refractivity contribution is 5.93. The molecular weight excluding hydrogens is 426 g/mol. The van der Waals surface area contributed by atoms with Crippen LogP contribution >= 0.6 is 0 Å². The maximum Gasteiger partial charge on any atom is 0.243 e. The second-order valence-electron chi connectivity index (χ2n) is 11.4. The van der Waals surface area contributed by atoms with E-state index >= 15 is 0 Å². The van der Waals surface area contributed by atoms with E-state index in [4.69, 9.17) is 10.5 Å². The molecule has 1 aromatic carbocycles. The van der Waals surface area contributed by atoms with Crippen LogP contribution < -0.4 is 21.1 Å². The molecule has 3 aliphatic carbocycles. The van der Waals surface area contributed by atoms with Crippen LogP contribution in [0.5, 0.6) is 5.75 Å². The molecule has 4 N–H and O–H groups in total. The number of benzene rings is 1. The van der Waals surface area contributed by atoms with Crippen LogP contribution in [0.25, 0.3) is 0 Å². The molecule has 0 radical (unpaired) electrons. The standard InChI is InChI=1S/C28H39N3O3/c1-27-13-11-22-20(7-10-24-28(22,2)14-12-25(32)31-24)21(27)8-9-23(27)26(33)30-18-5-3-6-19(17-18)34-16-4-15-29/h3,5-6,12,14,17,20-24H,4,7-11,13,15-16,29H2,1-2H3,(H,30,33)(H,31,32)/t20-,21-,22-,23+,24+,27-,28+/m0/s1. The van der Waals surface area contributed by atoms with Crippen molar-refractivity contribution in [3.8, 4) is 5.75 Å². The van der Waals surface area contributed by atoms with Crippen LogP contribution in [0.15, 0.2) is 36.4 Å². The van der Waals surface area contributed by atoms with Gasteiger partial charge in [0.1, 0.15) is 5.75 Å². The van der Waals surface area contributed by atoms with Gasteiger partial charge in [-0.3, -0.25) is 9.59 Å². The van der Waals surface area contributed by atoms with Gasteiger partial charge in [0.15, 0.2) is 0 Å². The van der Waals surface area contributed by atoms with E-state index in [9.17, 15) is 9.59 Å². The van der Waals surface area contributed by atoms with E-state index in [2.05, 4.69) is 30.6 Å². The first-order valence-corrected chi connectivity index (χ1v) is 13.1. The smallest absolute Gasteiger partial charge is 0.243 e. The highest BCUT2D eigenvalue weighted by Crippen LogP contribution is 2.65. The van der Waals surface area contributed by atoms with Crippen LogP contribution in [-0.4, -0.2) is 31.0 Å². The van der Waals surface area contributed by atoms with Gasteiger partial charge in [0.05, 0.1) is 6.61 Å². The summed E-state index contributed by atoms with van der Waals surface area (Å²) < 4.78 is 5.76. The zero-order valence-corrected chi connectivity index (χ0v) is 20.5. The van der Waals surface area contributed by atoms with Crippen molar-refractivity contribution >= 4 is 17.5 Å². The minimum absolute atomic E-state index is 0.0306. The molecule has 4 aliphatic rings. The van der Waals surface area contributed by atoms with Gasteiger partial charge in [-0.25, -0.2) is 0 Å². The van der Waals surface area contributed by atoms with E-state index in [0.29, 0.717) is 30.9 Å². The Morgan fingerprint density at radius 2 is 2.03 bits per heavy atom. The molecule has 3 fully saturated rings. The summed E-state index contributed by atoms with van der Waals surface area (Å²) in [5.74, 6) is 2.76. The van der Waals surface area contributed by atoms with E-state index in [1.165, 1.54) is 0 Å².